The molecule has 4 bridgehead atoms. The van der Waals surface area contributed by atoms with E-state index in [9.17, 15) is 9.90 Å². The molecule has 1 aliphatic heterocycles. The van der Waals surface area contributed by atoms with Gasteiger partial charge in [-0.25, -0.2) is 4.79 Å². The summed E-state index contributed by atoms with van der Waals surface area (Å²) < 4.78 is 0. The summed E-state index contributed by atoms with van der Waals surface area (Å²) in [6, 6.07) is 0. The third-order valence-electron chi connectivity index (χ3n) is 7.01. The number of carboxylic acids is 1. The monoisotopic (exact) mass is 318 g/mol. The predicted octanol–water partition coefficient (Wildman–Crippen LogP) is 2.46. The molecule has 128 valence electrons. The van der Waals surface area contributed by atoms with Crippen molar-refractivity contribution in [3.05, 3.63) is 11.6 Å². The fourth-order valence-corrected chi connectivity index (χ4v) is 6.27. The van der Waals surface area contributed by atoms with Gasteiger partial charge in [-0.15, -0.1) is 0 Å². The molecule has 1 N–H and O–H groups in total. The first-order valence-electron chi connectivity index (χ1n) is 9.37. The second-order valence-corrected chi connectivity index (χ2v) is 8.79. The first-order valence-corrected chi connectivity index (χ1v) is 9.37. The van der Waals surface area contributed by atoms with E-state index in [0.29, 0.717) is 0 Å². The lowest BCUT2D eigenvalue weighted by Gasteiger charge is -2.58. The number of nitrogens with zero attached hydrogens (tertiary/aromatic N) is 2. The number of likely N-dealkylation sites (N-methyl/N-ethyl adjacent to an activating group) is 1. The van der Waals surface area contributed by atoms with E-state index in [1.807, 2.05) is 0 Å². The molecule has 0 aromatic rings. The summed E-state index contributed by atoms with van der Waals surface area (Å²) in [4.78, 5) is 16.3. The van der Waals surface area contributed by atoms with E-state index in [4.69, 9.17) is 0 Å². The van der Waals surface area contributed by atoms with Gasteiger partial charge < -0.3 is 10.0 Å². The van der Waals surface area contributed by atoms with Crippen molar-refractivity contribution < 1.29 is 9.90 Å². The van der Waals surface area contributed by atoms with E-state index < -0.39 is 5.97 Å². The predicted molar refractivity (Wildman–Crippen MR) is 90.3 cm³/mol. The average Bonchev–Trinajstić information content (AvgIpc) is 2.47. The van der Waals surface area contributed by atoms with Gasteiger partial charge in [-0.05, 0) is 74.3 Å². The largest absolute Gasteiger partial charge is 0.478 e. The molecule has 0 aromatic carbocycles. The normalized spacial score (nSPS) is 41.4. The Bertz CT molecular complexity index is 470. The topological polar surface area (TPSA) is 43.8 Å². The molecule has 5 aliphatic rings. The molecule has 4 aliphatic carbocycles. The number of aliphatic carboxylic acids is 1. The summed E-state index contributed by atoms with van der Waals surface area (Å²) in [6.45, 7) is 5.22. The van der Waals surface area contributed by atoms with Crippen LogP contribution in [0.5, 0.6) is 0 Å². The second-order valence-electron chi connectivity index (χ2n) is 8.79. The molecule has 1 saturated heterocycles. The molecule has 0 unspecified atom stereocenters. The number of rotatable bonds is 4. The van der Waals surface area contributed by atoms with Crippen LogP contribution >= 0.6 is 0 Å². The first kappa shape index (κ1) is 15.6. The molecule has 0 spiro atoms. The number of piperazine rings is 1. The number of hydrogen-bond acceptors (Lipinski definition) is 3. The van der Waals surface area contributed by atoms with Crippen molar-refractivity contribution in [2.24, 2.45) is 23.2 Å². The Morgan fingerprint density at radius 3 is 2.04 bits per heavy atom. The van der Waals surface area contributed by atoms with Crippen LogP contribution in [-0.2, 0) is 4.79 Å². The average molecular weight is 318 g/mol. The highest BCUT2D eigenvalue weighted by molar-refractivity contribution is 5.81. The van der Waals surface area contributed by atoms with Crippen molar-refractivity contribution in [2.45, 2.75) is 38.5 Å². The molecule has 0 amide bonds. The fourth-order valence-electron chi connectivity index (χ4n) is 6.27. The van der Waals surface area contributed by atoms with Crippen LogP contribution in [0.25, 0.3) is 0 Å². The highest BCUT2D eigenvalue weighted by Gasteiger charge is 2.52. The second kappa shape index (κ2) is 5.89. The van der Waals surface area contributed by atoms with E-state index in [1.165, 1.54) is 44.1 Å². The zero-order valence-corrected chi connectivity index (χ0v) is 14.3. The zero-order valence-electron chi connectivity index (χ0n) is 14.3. The van der Waals surface area contributed by atoms with Gasteiger partial charge >= 0.3 is 5.97 Å². The summed E-state index contributed by atoms with van der Waals surface area (Å²) in [6.07, 6.45) is 9.59. The van der Waals surface area contributed by atoms with Crippen LogP contribution in [0.2, 0.25) is 0 Å². The third kappa shape index (κ3) is 3.08. The lowest BCUT2D eigenvalue weighted by Crippen LogP contribution is -2.50. The molecule has 0 atom stereocenters. The molecule has 23 heavy (non-hydrogen) atoms. The van der Waals surface area contributed by atoms with Crippen LogP contribution in [-0.4, -0.2) is 60.6 Å². The Labute approximate surface area is 139 Å². The lowest BCUT2D eigenvalue weighted by molar-refractivity contribution is -0.131. The Hall–Kier alpha value is -0.870. The molecule has 1 heterocycles. The summed E-state index contributed by atoms with van der Waals surface area (Å²) >= 11 is 0. The highest BCUT2D eigenvalue weighted by Crippen LogP contribution is 2.62. The van der Waals surface area contributed by atoms with Crippen molar-refractivity contribution in [1.29, 1.82) is 0 Å². The minimum Gasteiger partial charge on any atom is -0.478 e. The van der Waals surface area contributed by atoms with Crippen molar-refractivity contribution in [3.63, 3.8) is 0 Å². The van der Waals surface area contributed by atoms with Crippen LogP contribution in [0, 0.1) is 23.2 Å². The molecule has 4 nitrogen and oxygen atoms in total. The summed E-state index contributed by atoms with van der Waals surface area (Å²) in [7, 11) is 2.17. The molecular weight excluding hydrogens is 288 g/mol. The van der Waals surface area contributed by atoms with Gasteiger partial charge in [0.25, 0.3) is 0 Å². The van der Waals surface area contributed by atoms with Crippen LogP contribution in [0.4, 0.5) is 0 Å². The van der Waals surface area contributed by atoms with Crippen LogP contribution in [0.3, 0.4) is 0 Å². The Morgan fingerprint density at radius 1 is 1.04 bits per heavy atom. The van der Waals surface area contributed by atoms with Crippen LogP contribution < -0.4 is 0 Å². The third-order valence-corrected chi connectivity index (χ3v) is 7.01. The van der Waals surface area contributed by atoms with E-state index in [-0.39, 0.29) is 5.41 Å². The van der Waals surface area contributed by atoms with Gasteiger partial charge in [0.1, 0.15) is 0 Å². The van der Waals surface area contributed by atoms with Crippen molar-refractivity contribution >= 4 is 5.97 Å². The number of carboxylic acid groups (broad SMARTS) is 1. The Balaban J connectivity index is 1.55. The summed E-state index contributed by atoms with van der Waals surface area (Å²) in [5.41, 5.74) is 1.46. The SMILES string of the molecule is CN1CCN(C/C(=C/C(=O)O)C23CC4CC(CC(C4)C2)C3)CC1. The van der Waals surface area contributed by atoms with Gasteiger partial charge in [0.05, 0.1) is 0 Å². The van der Waals surface area contributed by atoms with Crippen molar-refractivity contribution in [2.75, 3.05) is 39.8 Å². The fraction of sp³-hybridized carbons (Fsp3) is 0.842. The van der Waals surface area contributed by atoms with Gasteiger partial charge in [-0.2, -0.15) is 0 Å². The van der Waals surface area contributed by atoms with Gasteiger partial charge in [0, 0.05) is 38.8 Å². The summed E-state index contributed by atoms with van der Waals surface area (Å²) in [5.74, 6) is 1.85. The Morgan fingerprint density at radius 2 is 1.57 bits per heavy atom. The van der Waals surface area contributed by atoms with Gasteiger partial charge in [-0.3, -0.25) is 4.90 Å². The van der Waals surface area contributed by atoms with Gasteiger partial charge in [0.15, 0.2) is 0 Å². The Kier molecular flexibility index (Phi) is 4.01. The van der Waals surface area contributed by atoms with E-state index in [1.54, 1.807) is 6.08 Å². The van der Waals surface area contributed by atoms with Gasteiger partial charge in [0.2, 0.25) is 0 Å². The number of hydrogen-bond donors (Lipinski definition) is 1. The minimum atomic E-state index is -0.745. The number of carbonyl (C=O) groups is 1. The maximum Gasteiger partial charge on any atom is 0.328 e. The lowest BCUT2D eigenvalue weighted by atomic mass is 9.47. The van der Waals surface area contributed by atoms with Crippen LogP contribution in [0.15, 0.2) is 11.6 Å². The van der Waals surface area contributed by atoms with Crippen molar-refractivity contribution in [1.82, 2.24) is 9.80 Å². The van der Waals surface area contributed by atoms with Crippen LogP contribution in [0.1, 0.15) is 38.5 Å². The maximum absolute atomic E-state index is 11.5. The summed E-state index contributed by atoms with van der Waals surface area (Å²) in [5, 5.41) is 9.45. The van der Waals surface area contributed by atoms with E-state index >= 15 is 0 Å². The first-order chi connectivity index (χ1) is 11.0. The standard InChI is InChI=1S/C19H30N2O2/c1-20-2-4-21(5-3-20)13-17(9-18(22)23)19-10-14-6-15(11-19)8-16(7-14)12-19/h9,14-16H,2-8,10-13H2,1H3,(H,22,23)/b17-9-. The smallest absolute Gasteiger partial charge is 0.328 e. The zero-order chi connectivity index (χ0) is 16.0. The molecule has 0 radical (unpaired) electrons. The quantitative estimate of drug-likeness (QED) is 0.809. The molecule has 4 heteroatoms. The van der Waals surface area contributed by atoms with E-state index in [2.05, 4.69) is 16.8 Å². The molecule has 5 rings (SSSR count). The van der Waals surface area contributed by atoms with Gasteiger partial charge in [-0.1, -0.05) is 0 Å². The highest BCUT2D eigenvalue weighted by atomic mass is 16.4. The van der Waals surface area contributed by atoms with Crippen molar-refractivity contribution in [3.8, 4) is 0 Å². The minimum absolute atomic E-state index is 0.219. The molecule has 0 aromatic heterocycles. The molecule has 4 saturated carbocycles. The molecular formula is C19H30N2O2. The molecule has 5 fully saturated rings. The maximum atomic E-state index is 11.5. The van der Waals surface area contributed by atoms with E-state index in [0.717, 1.165) is 50.5 Å².